The maximum absolute atomic E-state index is 14.4. The minimum atomic E-state index is -3.16. The molecule has 4 aliphatic rings. The molecule has 1 saturated heterocycles. The highest BCUT2D eigenvalue weighted by Gasteiger charge is 2.70. The molecule has 2 amide bonds. The minimum Gasteiger partial charge on any atom is -0.351 e. The molecule has 7 nitrogen and oxygen atoms in total. The quantitative estimate of drug-likeness (QED) is 0.559. The van der Waals surface area contributed by atoms with Gasteiger partial charge in [0.05, 0.1) is 6.07 Å². The topological polar surface area (TPSA) is 94.5 Å². The fourth-order valence-corrected chi connectivity index (χ4v) is 4.26. The third-order valence-electron chi connectivity index (χ3n) is 6.82. The van der Waals surface area contributed by atoms with Gasteiger partial charge in [0, 0.05) is 37.8 Å². The smallest absolute Gasteiger partial charge is 0.351 e. The second-order valence-electron chi connectivity index (χ2n) is 9.56. The number of hydroxylamine groups is 2. The van der Waals surface area contributed by atoms with E-state index in [-0.39, 0.29) is 44.7 Å². The molecule has 1 aliphatic heterocycles. The van der Waals surface area contributed by atoms with Crippen molar-refractivity contribution in [3.05, 3.63) is 0 Å². The Bertz CT molecular complexity index is 784. The van der Waals surface area contributed by atoms with E-state index in [0.29, 0.717) is 12.8 Å². The van der Waals surface area contributed by atoms with Crippen LogP contribution < -0.4 is 10.6 Å². The van der Waals surface area contributed by atoms with Crippen molar-refractivity contribution < 1.29 is 32.0 Å². The highest BCUT2D eigenvalue weighted by molar-refractivity contribution is 5.86. The zero-order valence-corrected chi connectivity index (χ0v) is 17.1. The summed E-state index contributed by atoms with van der Waals surface area (Å²) in [5.74, 6) is -6.78. The Morgan fingerprint density at radius 1 is 1.19 bits per heavy atom. The molecule has 3 aliphatic carbocycles. The van der Waals surface area contributed by atoms with Crippen LogP contribution in [0.3, 0.4) is 0 Å². The van der Waals surface area contributed by atoms with Gasteiger partial charge < -0.3 is 15.5 Å². The fourth-order valence-electron chi connectivity index (χ4n) is 4.26. The van der Waals surface area contributed by atoms with E-state index in [1.54, 1.807) is 0 Å². The van der Waals surface area contributed by atoms with Crippen LogP contribution in [0, 0.1) is 22.7 Å². The van der Waals surface area contributed by atoms with Crippen molar-refractivity contribution in [2.24, 2.45) is 11.3 Å². The average molecular weight is 446 g/mol. The molecule has 1 spiro atoms. The van der Waals surface area contributed by atoms with E-state index >= 15 is 0 Å². The normalized spacial score (nSPS) is 26.4. The maximum Gasteiger partial charge on any atom is 0.426 e. The summed E-state index contributed by atoms with van der Waals surface area (Å²) in [6, 6.07) is 0.376. The molecule has 0 bridgehead atoms. The zero-order valence-electron chi connectivity index (χ0n) is 17.1. The number of carbonyl (C=O) groups excluding carboxylic acids is 2. The lowest BCUT2D eigenvalue weighted by molar-refractivity contribution is -0.135. The van der Waals surface area contributed by atoms with Crippen LogP contribution in [0.5, 0.6) is 0 Å². The summed E-state index contributed by atoms with van der Waals surface area (Å²) in [7, 11) is 0. The number of halogens is 4. The molecule has 31 heavy (non-hydrogen) atoms. The summed E-state index contributed by atoms with van der Waals surface area (Å²) in [6.07, 6.45) is 0.0881. The molecular formula is C20H26F4N4O3. The Kier molecular flexibility index (Phi) is 5.35. The van der Waals surface area contributed by atoms with Crippen molar-refractivity contribution in [1.82, 2.24) is 15.7 Å². The monoisotopic (exact) mass is 446 g/mol. The summed E-state index contributed by atoms with van der Waals surface area (Å²) >= 11 is 0. The number of hydrogen-bond acceptors (Lipinski definition) is 5. The fraction of sp³-hybridized carbons (Fsp3) is 0.850. The van der Waals surface area contributed by atoms with E-state index in [1.807, 2.05) is 6.07 Å². The van der Waals surface area contributed by atoms with Crippen LogP contribution >= 0.6 is 0 Å². The molecule has 0 aromatic heterocycles. The predicted molar refractivity (Wildman–Crippen MR) is 98.8 cm³/mol. The second kappa shape index (κ2) is 7.50. The molecule has 0 unspecified atom stereocenters. The van der Waals surface area contributed by atoms with E-state index in [2.05, 4.69) is 10.6 Å². The first-order valence-corrected chi connectivity index (χ1v) is 10.7. The van der Waals surface area contributed by atoms with Gasteiger partial charge in [-0.05, 0) is 44.4 Å². The van der Waals surface area contributed by atoms with Gasteiger partial charge in [0.2, 0.25) is 5.91 Å². The number of amides is 2. The van der Waals surface area contributed by atoms with Crippen molar-refractivity contribution in [3.63, 3.8) is 0 Å². The Morgan fingerprint density at radius 2 is 1.81 bits per heavy atom. The van der Waals surface area contributed by atoms with Gasteiger partial charge in [-0.2, -0.15) is 5.26 Å². The summed E-state index contributed by atoms with van der Waals surface area (Å²) in [5, 5.41) is 15.0. The highest BCUT2D eigenvalue weighted by atomic mass is 19.3. The van der Waals surface area contributed by atoms with Crippen LogP contribution in [0.2, 0.25) is 0 Å². The molecular weight excluding hydrogens is 420 g/mol. The van der Waals surface area contributed by atoms with Crippen LogP contribution in [0.25, 0.3) is 0 Å². The van der Waals surface area contributed by atoms with Crippen LogP contribution in [-0.4, -0.2) is 53.6 Å². The molecule has 1 atom stereocenters. The molecule has 0 radical (unpaired) electrons. The Balaban J connectivity index is 1.32. The van der Waals surface area contributed by atoms with Crippen LogP contribution in [-0.2, 0) is 9.63 Å². The highest BCUT2D eigenvalue weighted by Crippen LogP contribution is 2.65. The molecule has 4 rings (SSSR count). The predicted octanol–water partition coefficient (Wildman–Crippen LogP) is 3.12. The standard InChI is InChI=1S/C20H26F4N4O3/c21-19(22,9-13-1-2-13)10-14(15(29)27-18(12-25)3-4-18)26-16(30)31-28-7-5-17(6-8-28)11-20(17,23)24/h13-14H,1-11H2,(H,26,30)(H,27,29)/t14-/m0/s1. The van der Waals surface area contributed by atoms with E-state index in [0.717, 1.165) is 12.8 Å². The van der Waals surface area contributed by atoms with Gasteiger partial charge in [-0.15, -0.1) is 5.06 Å². The number of alkyl halides is 4. The largest absolute Gasteiger partial charge is 0.426 e. The number of nitriles is 1. The van der Waals surface area contributed by atoms with Crippen molar-refractivity contribution in [3.8, 4) is 6.07 Å². The van der Waals surface area contributed by atoms with Crippen molar-refractivity contribution in [2.45, 2.75) is 81.2 Å². The summed E-state index contributed by atoms with van der Waals surface area (Å²) < 4.78 is 55.8. The lowest BCUT2D eigenvalue weighted by Gasteiger charge is -2.31. The molecule has 1 heterocycles. The number of hydrogen-bond donors (Lipinski definition) is 2. The van der Waals surface area contributed by atoms with Crippen LogP contribution in [0.15, 0.2) is 0 Å². The first-order chi connectivity index (χ1) is 14.5. The van der Waals surface area contributed by atoms with Gasteiger partial charge in [-0.3, -0.25) is 4.79 Å². The maximum atomic E-state index is 14.4. The second-order valence-corrected chi connectivity index (χ2v) is 9.56. The molecule has 2 N–H and O–H groups in total. The van der Waals surface area contributed by atoms with Gasteiger partial charge in [-0.1, -0.05) is 0 Å². The number of piperidine rings is 1. The van der Waals surface area contributed by atoms with Gasteiger partial charge in [0.1, 0.15) is 11.6 Å². The Labute approximate surface area is 177 Å². The van der Waals surface area contributed by atoms with Gasteiger partial charge >= 0.3 is 6.09 Å². The van der Waals surface area contributed by atoms with Crippen molar-refractivity contribution in [2.75, 3.05) is 13.1 Å². The lowest BCUT2D eigenvalue weighted by atomic mass is 9.94. The lowest BCUT2D eigenvalue weighted by Crippen LogP contribution is -2.53. The third kappa shape index (κ3) is 5.05. The van der Waals surface area contributed by atoms with Crippen LogP contribution in [0.4, 0.5) is 22.4 Å². The first kappa shape index (κ1) is 22.1. The van der Waals surface area contributed by atoms with E-state index in [1.165, 1.54) is 5.06 Å². The molecule has 3 saturated carbocycles. The molecule has 0 aromatic rings. The average Bonchev–Trinajstić information content (AvgIpc) is 3.60. The van der Waals surface area contributed by atoms with Gasteiger partial charge in [0.15, 0.2) is 0 Å². The zero-order chi connectivity index (χ0) is 22.5. The van der Waals surface area contributed by atoms with Crippen LogP contribution in [0.1, 0.15) is 57.8 Å². The molecule has 172 valence electrons. The van der Waals surface area contributed by atoms with Crippen molar-refractivity contribution >= 4 is 12.0 Å². The summed E-state index contributed by atoms with van der Waals surface area (Å²) in [5.41, 5.74) is -2.09. The molecule has 4 fully saturated rings. The van der Waals surface area contributed by atoms with Gasteiger partial charge in [-0.25, -0.2) is 22.4 Å². The Hall–Kier alpha value is -2.09. The third-order valence-corrected chi connectivity index (χ3v) is 6.82. The van der Waals surface area contributed by atoms with E-state index in [4.69, 9.17) is 10.1 Å². The summed E-state index contributed by atoms with van der Waals surface area (Å²) in [4.78, 5) is 29.9. The Morgan fingerprint density at radius 3 is 2.29 bits per heavy atom. The SMILES string of the molecule is N#CC1(NC(=O)[C@H](CC(F)(F)CC2CC2)NC(=O)ON2CCC3(CC2)CC3(F)F)CC1. The molecule has 0 aromatic carbocycles. The van der Waals surface area contributed by atoms with E-state index in [9.17, 15) is 27.2 Å². The van der Waals surface area contributed by atoms with Crippen molar-refractivity contribution in [1.29, 1.82) is 5.26 Å². The first-order valence-electron chi connectivity index (χ1n) is 10.7. The number of nitrogens with one attached hydrogen (secondary N) is 2. The number of rotatable bonds is 8. The number of nitrogens with zero attached hydrogens (tertiary/aromatic N) is 2. The minimum absolute atomic E-state index is 0.0826. The summed E-state index contributed by atoms with van der Waals surface area (Å²) in [6.45, 7) is 0.213. The number of carbonyl (C=O) groups is 2. The van der Waals surface area contributed by atoms with Gasteiger partial charge in [0.25, 0.3) is 11.8 Å². The van der Waals surface area contributed by atoms with E-state index < -0.39 is 47.3 Å². The molecule has 11 heteroatoms.